The molecule has 0 radical (unpaired) electrons. The summed E-state index contributed by atoms with van der Waals surface area (Å²) in [7, 11) is 3.60. The number of ether oxygens (including phenoxy) is 2. The van der Waals surface area contributed by atoms with Crippen molar-refractivity contribution in [3.8, 4) is 0 Å². The number of fused-ring (bicyclic) bond motifs is 2. The van der Waals surface area contributed by atoms with Crippen molar-refractivity contribution < 1.29 is 14.6 Å². The summed E-state index contributed by atoms with van der Waals surface area (Å²) in [6, 6.07) is 3.84. The molecule has 136 valence electrons. The molecule has 0 unspecified atom stereocenters. The zero-order valence-electron chi connectivity index (χ0n) is 14.8. The number of methoxy groups -OCH3 is 2. The maximum atomic E-state index is 9.41. The van der Waals surface area contributed by atoms with E-state index in [-0.39, 0.29) is 17.8 Å². The molecule has 0 bridgehead atoms. The van der Waals surface area contributed by atoms with Crippen molar-refractivity contribution >= 4 is 11.5 Å². The Morgan fingerprint density at radius 3 is 2.56 bits per heavy atom. The minimum absolute atomic E-state index is 0.188. The summed E-state index contributed by atoms with van der Waals surface area (Å²) in [5, 5.41) is 22.0. The van der Waals surface area contributed by atoms with E-state index in [0.29, 0.717) is 11.5 Å². The van der Waals surface area contributed by atoms with Gasteiger partial charge in [0.1, 0.15) is 23.6 Å². The Morgan fingerprint density at radius 1 is 1.08 bits per heavy atom. The average molecular weight is 347 g/mol. The number of hydrogen-bond donors (Lipinski definition) is 1. The highest BCUT2D eigenvalue weighted by atomic mass is 16.6. The van der Waals surface area contributed by atoms with E-state index in [9.17, 15) is 5.11 Å². The van der Waals surface area contributed by atoms with Crippen LogP contribution in [0, 0.1) is 0 Å². The second-order valence-corrected chi connectivity index (χ2v) is 7.01. The number of aliphatic hydroxyl groups is 1. The molecule has 2 aromatic rings. The molecule has 0 amide bonds. The van der Waals surface area contributed by atoms with Crippen molar-refractivity contribution in [1.29, 1.82) is 0 Å². The Morgan fingerprint density at radius 2 is 1.84 bits per heavy atom. The molecule has 2 atom stereocenters. The first-order valence-corrected chi connectivity index (χ1v) is 8.84. The highest BCUT2D eigenvalue weighted by Crippen LogP contribution is 2.47. The van der Waals surface area contributed by atoms with Gasteiger partial charge in [-0.05, 0) is 31.4 Å². The molecule has 4 rings (SSSR count). The van der Waals surface area contributed by atoms with Gasteiger partial charge in [0.05, 0.1) is 6.54 Å². The predicted octanol–water partition coefficient (Wildman–Crippen LogP) is 1.17. The van der Waals surface area contributed by atoms with E-state index >= 15 is 0 Å². The van der Waals surface area contributed by atoms with Crippen LogP contribution < -0.4 is 4.90 Å². The molecule has 1 saturated heterocycles. The SMILES string of the molecule is CO[C@]12CCCC[C@@]1(OC)CN(c1ccc3nnc(CO)n3n1)CC2. The summed E-state index contributed by atoms with van der Waals surface area (Å²) in [6.07, 6.45) is 5.28. The summed E-state index contributed by atoms with van der Waals surface area (Å²) in [5.74, 6) is 1.29. The fourth-order valence-corrected chi connectivity index (χ4v) is 4.58. The van der Waals surface area contributed by atoms with Crippen LogP contribution in [-0.4, -0.2) is 63.4 Å². The summed E-state index contributed by atoms with van der Waals surface area (Å²) in [6.45, 7) is 1.41. The predicted molar refractivity (Wildman–Crippen MR) is 91.5 cm³/mol. The fraction of sp³-hybridized carbons (Fsp3) is 0.706. The third-order valence-corrected chi connectivity index (χ3v) is 6.03. The molecule has 1 aliphatic heterocycles. The van der Waals surface area contributed by atoms with Crippen LogP contribution in [-0.2, 0) is 16.1 Å². The van der Waals surface area contributed by atoms with Crippen molar-refractivity contribution in [2.24, 2.45) is 0 Å². The number of aliphatic hydroxyl groups excluding tert-OH is 1. The molecule has 2 aliphatic rings. The lowest BCUT2D eigenvalue weighted by Gasteiger charge is -2.57. The largest absolute Gasteiger partial charge is 0.388 e. The van der Waals surface area contributed by atoms with E-state index in [0.717, 1.165) is 44.6 Å². The van der Waals surface area contributed by atoms with E-state index in [1.54, 1.807) is 11.6 Å². The highest BCUT2D eigenvalue weighted by Gasteiger charge is 2.57. The minimum atomic E-state index is -0.318. The number of hydrogen-bond acceptors (Lipinski definition) is 7. The zero-order chi connectivity index (χ0) is 17.5. The van der Waals surface area contributed by atoms with Gasteiger partial charge in [-0.1, -0.05) is 12.8 Å². The molecule has 25 heavy (non-hydrogen) atoms. The van der Waals surface area contributed by atoms with Crippen LogP contribution in [0.25, 0.3) is 5.65 Å². The molecule has 8 nitrogen and oxygen atoms in total. The Labute approximate surface area is 146 Å². The second kappa shape index (κ2) is 6.19. The molecule has 1 saturated carbocycles. The Bertz CT molecular complexity index is 766. The van der Waals surface area contributed by atoms with Crippen LogP contribution in [0.4, 0.5) is 5.82 Å². The number of aromatic nitrogens is 4. The standard InChI is InChI=1S/C17H25N5O3/c1-24-16-7-3-4-8-17(16,25-2)12-21(10-9-16)14-6-5-13-18-19-15(11-23)22(13)20-14/h5-6,23H,3-4,7-12H2,1-2H3/t16-,17+/m0/s1. The van der Waals surface area contributed by atoms with Gasteiger partial charge in [0.15, 0.2) is 11.5 Å². The Kier molecular flexibility index (Phi) is 4.13. The average Bonchev–Trinajstić information content (AvgIpc) is 3.09. The van der Waals surface area contributed by atoms with Crippen molar-refractivity contribution in [2.75, 3.05) is 32.2 Å². The first kappa shape index (κ1) is 16.7. The Balaban J connectivity index is 1.68. The van der Waals surface area contributed by atoms with Gasteiger partial charge in [0, 0.05) is 20.8 Å². The Hall–Kier alpha value is -1.77. The topological polar surface area (TPSA) is 85.0 Å². The van der Waals surface area contributed by atoms with Gasteiger partial charge in [-0.3, -0.25) is 0 Å². The molecule has 2 fully saturated rings. The molecule has 3 heterocycles. The van der Waals surface area contributed by atoms with Crippen LogP contribution in [0.5, 0.6) is 0 Å². The van der Waals surface area contributed by atoms with Crippen molar-refractivity contribution in [3.05, 3.63) is 18.0 Å². The highest BCUT2D eigenvalue weighted by molar-refractivity contribution is 5.47. The fourth-order valence-electron chi connectivity index (χ4n) is 4.58. The summed E-state index contributed by atoms with van der Waals surface area (Å²) >= 11 is 0. The van der Waals surface area contributed by atoms with E-state index in [2.05, 4.69) is 20.2 Å². The smallest absolute Gasteiger partial charge is 0.180 e. The van der Waals surface area contributed by atoms with Gasteiger partial charge in [0.25, 0.3) is 0 Å². The molecule has 0 spiro atoms. The van der Waals surface area contributed by atoms with Crippen molar-refractivity contribution in [1.82, 2.24) is 19.8 Å². The van der Waals surface area contributed by atoms with Crippen LogP contribution in [0.2, 0.25) is 0 Å². The number of piperidine rings is 1. The molecule has 1 aliphatic carbocycles. The van der Waals surface area contributed by atoms with Crippen LogP contribution >= 0.6 is 0 Å². The van der Waals surface area contributed by atoms with Gasteiger partial charge in [-0.2, -0.15) is 4.52 Å². The first-order valence-electron chi connectivity index (χ1n) is 8.84. The first-order chi connectivity index (χ1) is 12.2. The zero-order valence-corrected chi connectivity index (χ0v) is 14.8. The molecule has 0 aromatic carbocycles. The lowest BCUT2D eigenvalue weighted by molar-refractivity contribution is -0.212. The second-order valence-electron chi connectivity index (χ2n) is 7.01. The third-order valence-electron chi connectivity index (χ3n) is 6.03. The van der Waals surface area contributed by atoms with Crippen molar-refractivity contribution in [2.45, 2.75) is 49.9 Å². The van der Waals surface area contributed by atoms with Gasteiger partial charge < -0.3 is 19.5 Å². The molecule has 8 heteroatoms. The van der Waals surface area contributed by atoms with Gasteiger partial charge >= 0.3 is 0 Å². The quantitative estimate of drug-likeness (QED) is 0.888. The number of anilines is 1. The summed E-state index contributed by atoms with van der Waals surface area (Å²) in [4.78, 5) is 2.24. The van der Waals surface area contributed by atoms with Gasteiger partial charge in [-0.25, -0.2) is 0 Å². The number of rotatable bonds is 4. The van der Waals surface area contributed by atoms with Gasteiger partial charge in [0.2, 0.25) is 0 Å². The lowest BCUT2D eigenvalue weighted by Crippen LogP contribution is -2.68. The number of nitrogens with zero attached hydrogens (tertiary/aromatic N) is 5. The summed E-state index contributed by atoms with van der Waals surface area (Å²) < 4.78 is 13.7. The van der Waals surface area contributed by atoms with Crippen molar-refractivity contribution in [3.63, 3.8) is 0 Å². The van der Waals surface area contributed by atoms with E-state index in [1.807, 2.05) is 19.2 Å². The maximum Gasteiger partial charge on any atom is 0.180 e. The maximum absolute atomic E-state index is 9.41. The molecule has 2 aromatic heterocycles. The summed E-state index contributed by atoms with van der Waals surface area (Å²) in [5.41, 5.74) is 0.102. The van der Waals surface area contributed by atoms with Gasteiger partial charge in [-0.15, -0.1) is 15.3 Å². The third kappa shape index (κ3) is 2.43. The minimum Gasteiger partial charge on any atom is -0.388 e. The monoisotopic (exact) mass is 347 g/mol. The van der Waals surface area contributed by atoms with Crippen LogP contribution in [0.15, 0.2) is 12.1 Å². The van der Waals surface area contributed by atoms with E-state index in [1.165, 1.54) is 6.42 Å². The molecule has 1 N–H and O–H groups in total. The van der Waals surface area contributed by atoms with Crippen LogP contribution in [0.1, 0.15) is 37.9 Å². The lowest BCUT2D eigenvalue weighted by atomic mass is 9.67. The van der Waals surface area contributed by atoms with Crippen LogP contribution in [0.3, 0.4) is 0 Å². The molecular formula is C17H25N5O3. The normalized spacial score (nSPS) is 29.8. The van der Waals surface area contributed by atoms with E-state index < -0.39 is 0 Å². The molecular weight excluding hydrogens is 322 g/mol. The van der Waals surface area contributed by atoms with E-state index in [4.69, 9.17) is 9.47 Å².